The molecule has 1 heterocycles. The number of anilines is 1. The molecule has 0 aliphatic carbocycles. The second kappa shape index (κ2) is 7.66. The van der Waals surface area contributed by atoms with E-state index in [1.54, 1.807) is 0 Å². The highest BCUT2D eigenvalue weighted by Crippen LogP contribution is 2.31. The molecule has 0 radical (unpaired) electrons. The first kappa shape index (κ1) is 16.9. The van der Waals surface area contributed by atoms with E-state index in [0.29, 0.717) is 0 Å². The Morgan fingerprint density at radius 3 is 2.23 bits per heavy atom. The summed E-state index contributed by atoms with van der Waals surface area (Å²) < 4.78 is 0. The third-order valence-corrected chi connectivity index (χ3v) is 4.41. The normalized spacial score (nSPS) is 16.0. The second-order valence-electron chi connectivity index (χ2n) is 5.99. The summed E-state index contributed by atoms with van der Waals surface area (Å²) in [7, 11) is 0. The van der Waals surface area contributed by atoms with Crippen molar-refractivity contribution in [3.05, 3.63) is 65.2 Å². The van der Waals surface area contributed by atoms with Gasteiger partial charge in [-0.3, -0.25) is 0 Å². The molecule has 1 atom stereocenters. The highest BCUT2D eigenvalue weighted by molar-refractivity contribution is 5.85. The van der Waals surface area contributed by atoms with Gasteiger partial charge in [0, 0.05) is 18.8 Å². The molecule has 0 amide bonds. The van der Waals surface area contributed by atoms with E-state index < -0.39 is 0 Å². The van der Waals surface area contributed by atoms with Gasteiger partial charge < -0.3 is 10.6 Å². The summed E-state index contributed by atoms with van der Waals surface area (Å²) in [5.41, 5.74) is 11.6. The van der Waals surface area contributed by atoms with Gasteiger partial charge in [-0.1, -0.05) is 48.0 Å². The molecular formula is C19H25ClN2. The lowest BCUT2D eigenvalue weighted by Gasteiger charge is -2.32. The van der Waals surface area contributed by atoms with Crippen LogP contribution in [-0.2, 0) is 0 Å². The smallest absolute Gasteiger partial charge is 0.0572 e. The lowest BCUT2D eigenvalue weighted by molar-refractivity contribution is 0.575. The van der Waals surface area contributed by atoms with Gasteiger partial charge in [-0.15, -0.1) is 12.4 Å². The number of rotatable bonds is 3. The molecule has 2 nitrogen and oxygen atoms in total. The summed E-state index contributed by atoms with van der Waals surface area (Å²) in [5.74, 6) is 0. The van der Waals surface area contributed by atoms with Crippen molar-refractivity contribution >= 4 is 18.1 Å². The van der Waals surface area contributed by atoms with Gasteiger partial charge in [0.25, 0.3) is 0 Å². The van der Waals surface area contributed by atoms with Crippen molar-refractivity contribution in [3.63, 3.8) is 0 Å². The summed E-state index contributed by atoms with van der Waals surface area (Å²) >= 11 is 0. The molecule has 2 aromatic carbocycles. The first-order chi connectivity index (χ1) is 10.3. The molecule has 2 aromatic rings. The molecule has 1 aliphatic heterocycles. The largest absolute Gasteiger partial charge is 0.371 e. The summed E-state index contributed by atoms with van der Waals surface area (Å²) in [4.78, 5) is 2.49. The predicted octanol–water partition coefficient (Wildman–Crippen LogP) is 4.46. The fourth-order valence-corrected chi connectivity index (χ4v) is 3.13. The monoisotopic (exact) mass is 316 g/mol. The van der Waals surface area contributed by atoms with Crippen LogP contribution in [0.4, 0.5) is 5.69 Å². The van der Waals surface area contributed by atoms with Gasteiger partial charge in [-0.25, -0.2) is 0 Å². The second-order valence-corrected chi connectivity index (χ2v) is 5.99. The lowest BCUT2D eigenvalue weighted by atomic mass is 9.96. The van der Waals surface area contributed by atoms with E-state index in [1.807, 2.05) is 0 Å². The van der Waals surface area contributed by atoms with Gasteiger partial charge in [0.2, 0.25) is 0 Å². The van der Waals surface area contributed by atoms with Crippen LogP contribution in [0.5, 0.6) is 0 Å². The molecule has 0 bridgehead atoms. The molecule has 0 saturated carbocycles. The van der Waals surface area contributed by atoms with E-state index in [2.05, 4.69) is 60.4 Å². The van der Waals surface area contributed by atoms with Crippen LogP contribution in [-0.4, -0.2) is 13.1 Å². The zero-order chi connectivity index (χ0) is 14.7. The fraction of sp³-hybridized carbons (Fsp3) is 0.368. The van der Waals surface area contributed by atoms with Gasteiger partial charge in [-0.05, 0) is 43.4 Å². The number of para-hydroxylation sites is 1. The Morgan fingerprint density at radius 2 is 1.55 bits per heavy atom. The van der Waals surface area contributed by atoms with Gasteiger partial charge >= 0.3 is 0 Å². The van der Waals surface area contributed by atoms with Crippen molar-refractivity contribution in [1.29, 1.82) is 0 Å². The first-order valence-corrected chi connectivity index (χ1v) is 7.92. The van der Waals surface area contributed by atoms with Crippen molar-refractivity contribution in [1.82, 2.24) is 0 Å². The van der Waals surface area contributed by atoms with Gasteiger partial charge in [0.15, 0.2) is 0 Å². The summed E-state index contributed by atoms with van der Waals surface area (Å²) in [5, 5.41) is 0. The highest BCUT2D eigenvalue weighted by atomic mass is 35.5. The standard InChI is InChI=1S/C19H24N2.ClH/c1-15-9-11-16(12-10-15)19(20)17-7-3-4-8-18(17)21-13-5-2-6-14-21;/h3-4,7-12,19H,2,5-6,13-14,20H2,1H3;1H. The van der Waals surface area contributed by atoms with Gasteiger partial charge in [0.1, 0.15) is 0 Å². The van der Waals surface area contributed by atoms with Crippen molar-refractivity contribution in [2.24, 2.45) is 5.73 Å². The predicted molar refractivity (Wildman–Crippen MR) is 97.0 cm³/mol. The molecule has 0 spiro atoms. The Balaban J connectivity index is 0.00000176. The van der Waals surface area contributed by atoms with E-state index in [0.717, 1.165) is 13.1 Å². The zero-order valence-electron chi connectivity index (χ0n) is 13.2. The Hall–Kier alpha value is -1.51. The van der Waals surface area contributed by atoms with Crippen LogP contribution >= 0.6 is 12.4 Å². The van der Waals surface area contributed by atoms with Crippen molar-refractivity contribution < 1.29 is 0 Å². The number of halogens is 1. The molecule has 3 heteroatoms. The molecule has 1 unspecified atom stereocenters. The average molecular weight is 317 g/mol. The van der Waals surface area contributed by atoms with E-state index in [-0.39, 0.29) is 18.4 Å². The third kappa shape index (κ3) is 3.63. The number of hydrogen-bond acceptors (Lipinski definition) is 2. The van der Waals surface area contributed by atoms with E-state index in [4.69, 9.17) is 5.73 Å². The average Bonchev–Trinajstić information content (AvgIpc) is 2.56. The topological polar surface area (TPSA) is 29.3 Å². The quantitative estimate of drug-likeness (QED) is 0.906. The zero-order valence-corrected chi connectivity index (χ0v) is 14.0. The maximum Gasteiger partial charge on any atom is 0.0572 e. The molecule has 1 saturated heterocycles. The van der Waals surface area contributed by atoms with Crippen molar-refractivity contribution in [3.8, 4) is 0 Å². The van der Waals surface area contributed by atoms with E-state index >= 15 is 0 Å². The maximum atomic E-state index is 6.55. The van der Waals surface area contributed by atoms with Crippen LogP contribution in [0, 0.1) is 6.92 Å². The highest BCUT2D eigenvalue weighted by Gasteiger charge is 2.18. The van der Waals surface area contributed by atoms with E-state index in [1.165, 1.54) is 41.6 Å². The van der Waals surface area contributed by atoms with Crippen LogP contribution in [0.3, 0.4) is 0 Å². The first-order valence-electron chi connectivity index (χ1n) is 7.92. The van der Waals surface area contributed by atoms with Gasteiger partial charge in [0.05, 0.1) is 6.04 Å². The molecular weight excluding hydrogens is 292 g/mol. The summed E-state index contributed by atoms with van der Waals surface area (Å²) in [6.07, 6.45) is 3.92. The Bertz CT molecular complexity index is 589. The minimum absolute atomic E-state index is 0. The van der Waals surface area contributed by atoms with Gasteiger partial charge in [-0.2, -0.15) is 0 Å². The molecule has 2 N–H and O–H groups in total. The molecule has 118 valence electrons. The Morgan fingerprint density at radius 1 is 0.909 bits per heavy atom. The van der Waals surface area contributed by atoms with Crippen LogP contribution < -0.4 is 10.6 Å². The third-order valence-electron chi connectivity index (χ3n) is 4.41. The summed E-state index contributed by atoms with van der Waals surface area (Å²) in [6, 6.07) is 17.1. The van der Waals surface area contributed by atoms with Crippen LogP contribution in [0.1, 0.15) is 42.0 Å². The number of benzene rings is 2. The number of piperidine rings is 1. The van der Waals surface area contributed by atoms with Crippen LogP contribution in [0.25, 0.3) is 0 Å². The molecule has 0 aromatic heterocycles. The molecule has 3 rings (SSSR count). The van der Waals surface area contributed by atoms with Crippen LogP contribution in [0.2, 0.25) is 0 Å². The fourth-order valence-electron chi connectivity index (χ4n) is 3.13. The summed E-state index contributed by atoms with van der Waals surface area (Å²) in [6.45, 7) is 4.41. The minimum atomic E-state index is -0.0521. The van der Waals surface area contributed by atoms with E-state index in [9.17, 15) is 0 Å². The number of nitrogens with two attached hydrogens (primary N) is 1. The SMILES string of the molecule is Cc1ccc(C(N)c2ccccc2N2CCCCC2)cc1.Cl. The molecule has 1 aliphatic rings. The maximum absolute atomic E-state index is 6.55. The van der Waals surface area contributed by atoms with Crippen LogP contribution in [0.15, 0.2) is 48.5 Å². The number of aryl methyl sites for hydroxylation is 1. The molecule has 1 fully saturated rings. The number of hydrogen-bond donors (Lipinski definition) is 1. The van der Waals surface area contributed by atoms with Crippen molar-refractivity contribution in [2.45, 2.75) is 32.2 Å². The van der Waals surface area contributed by atoms with Crippen molar-refractivity contribution in [2.75, 3.05) is 18.0 Å². The Labute approximate surface area is 139 Å². The number of nitrogens with zero attached hydrogens (tertiary/aromatic N) is 1. The Kier molecular flexibility index (Phi) is 5.87. The molecule has 22 heavy (non-hydrogen) atoms. The lowest BCUT2D eigenvalue weighted by Crippen LogP contribution is -2.31. The minimum Gasteiger partial charge on any atom is -0.371 e.